The standard InChI is InChI=1S/C41H42ClN5O4S2/c1-29-25-37(19-20-39(29)44-34(26-40(43)48)28-52-36-8-3-2-4-9-36)53(50,51)45-41(49)31-13-17-35(18-14-31)47-23-21-46(22-24-47)27-32-7-5-6-10-38(32)30-11-15-33(42)16-12-30/h2-20,25,34,44H,21-24,26-28H2,1H3,(H2,43,48)(H,45,49)/t34-/m1/s1. The molecule has 0 saturated carbocycles. The van der Waals surface area contributed by atoms with E-state index in [1.165, 1.54) is 23.3 Å². The summed E-state index contributed by atoms with van der Waals surface area (Å²) in [4.78, 5) is 30.6. The van der Waals surface area contributed by atoms with Crippen molar-refractivity contribution in [1.82, 2.24) is 9.62 Å². The van der Waals surface area contributed by atoms with Gasteiger partial charge in [-0.1, -0.05) is 66.2 Å². The molecule has 12 heteroatoms. The van der Waals surface area contributed by atoms with E-state index in [-0.39, 0.29) is 22.9 Å². The monoisotopic (exact) mass is 767 g/mol. The number of primary amides is 1. The van der Waals surface area contributed by atoms with Crippen LogP contribution in [-0.2, 0) is 21.4 Å². The van der Waals surface area contributed by atoms with E-state index in [0.29, 0.717) is 17.0 Å². The molecule has 5 aromatic rings. The molecule has 1 saturated heterocycles. The average molecular weight is 768 g/mol. The molecule has 2 amide bonds. The van der Waals surface area contributed by atoms with Gasteiger partial charge in [0.15, 0.2) is 0 Å². The first-order valence-electron chi connectivity index (χ1n) is 17.4. The number of nitrogens with one attached hydrogen (secondary N) is 2. The third-order valence-electron chi connectivity index (χ3n) is 9.17. The Labute approximate surface area is 320 Å². The van der Waals surface area contributed by atoms with Crippen molar-refractivity contribution in [3.05, 3.63) is 143 Å². The highest BCUT2D eigenvalue weighted by molar-refractivity contribution is 7.99. The van der Waals surface area contributed by atoms with Crippen molar-refractivity contribution in [3.63, 3.8) is 0 Å². The minimum absolute atomic E-state index is 0.0377. The number of halogens is 1. The fourth-order valence-electron chi connectivity index (χ4n) is 6.33. The summed E-state index contributed by atoms with van der Waals surface area (Å²) in [6.07, 6.45) is 0.116. The lowest BCUT2D eigenvalue weighted by molar-refractivity contribution is -0.118. The predicted octanol–water partition coefficient (Wildman–Crippen LogP) is 7.20. The lowest BCUT2D eigenvalue weighted by Crippen LogP contribution is -2.46. The topological polar surface area (TPSA) is 125 Å². The van der Waals surface area contributed by atoms with Crippen LogP contribution in [0.2, 0.25) is 5.02 Å². The van der Waals surface area contributed by atoms with Crippen LogP contribution in [0.15, 0.2) is 131 Å². The lowest BCUT2D eigenvalue weighted by atomic mass is 9.99. The van der Waals surface area contributed by atoms with Crippen LogP contribution in [0.5, 0.6) is 0 Å². The summed E-state index contributed by atoms with van der Waals surface area (Å²) < 4.78 is 28.7. The summed E-state index contributed by atoms with van der Waals surface area (Å²) in [6.45, 7) is 6.00. The zero-order valence-electron chi connectivity index (χ0n) is 29.4. The molecule has 0 bridgehead atoms. The van der Waals surface area contributed by atoms with Gasteiger partial charge in [0.1, 0.15) is 0 Å². The largest absolute Gasteiger partial charge is 0.381 e. The van der Waals surface area contributed by atoms with E-state index < -0.39 is 21.8 Å². The summed E-state index contributed by atoms with van der Waals surface area (Å²) in [5.41, 5.74) is 11.7. The van der Waals surface area contributed by atoms with Crippen molar-refractivity contribution < 1.29 is 18.0 Å². The first-order valence-corrected chi connectivity index (χ1v) is 20.2. The van der Waals surface area contributed by atoms with Gasteiger partial charge in [0, 0.05) is 77.8 Å². The van der Waals surface area contributed by atoms with Crippen LogP contribution < -0.4 is 20.7 Å². The van der Waals surface area contributed by atoms with E-state index in [9.17, 15) is 18.0 Å². The number of hydrogen-bond acceptors (Lipinski definition) is 8. The van der Waals surface area contributed by atoms with E-state index >= 15 is 0 Å². The molecule has 0 aromatic heterocycles. The maximum atomic E-state index is 13.3. The zero-order chi connectivity index (χ0) is 37.4. The van der Waals surface area contributed by atoms with E-state index in [0.717, 1.165) is 53.9 Å². The molecule has 0 radical (unpaired) electrons. The highest BCUT2D eigenvalue weighted by atomic mass is 35.5. The predicted molar refractivity (Wildman–Crippen MR) is 215 cm³/mol. The Balaban J connectivity index is 1.03. The van der Waals surface area contributed by atoms with E-state index in [1.807, 2.05) is 66.7 Å². The van der Waals surface area contributed by atoms with Crippen molar-refractivity contribution in [3.8, 4) is 11.1 Å². The lowest BCUT2D eigenvalue weighted by Gasteiger charge is -2.36. The van der Waals surface area contributed by atoms with E-state index in [4.69, 9.17) is 17.3 Å². The summed E-state index contributed by atoms with van der Waals surface area (Å²) in [7, 11) is -4.15. The number of carbonyl (C=O) groups is 2. The number of piperazine rings is 1. The third kappa shape index (κ3) is 10.2. The zero-order valence-corrected chi connectivity index (χ0v) is 31.8. The number of aryl methyl sites for hydroxylation is 1. The second-order valence-corrected chi connectivity index (χ2v) is 16.2. The second-order valence-electron chi connectivity index (χ2n) is 13.0. The van der Waals surface area contributed by atoms with Crippen molar-refractivity contribution in [2.24, 2.45) is 5.73 Å². The summed E-state index contributed by atoms with van der Waals surface area (Å²) >= 11 is 7.71. The molecule has 1 fully saturated rings. The van der Waals surface area contributed by atoms with Crippen LogP contribution in [-0.4, -0.2) is 63.1 Å². The van der Waals surface area contributed by atoms with Gasteiger partial charge in [0.05, 0.1) is 4.90 Å². The van der Waals surface area contributed by atoms with Crippen molar-refractivity contribution in [1.29, 1.82) is 0 Å². The minimum atomic E-state index is -4.15. The van der Waals surface area contributed by atoms with Crippen molar-refractivity contribution in [2.75, 3.05) is 42.1 Å². The summed E-state index contributed by atoms with van der Waals surface area (Å²) in [6, 6.07) is 37.5. The Morgan fingerprint density at radius 1 is 0.849 bits per heavy atom. The molecule has 5 aromatic carbocycles. The smallest absolute Gasteiger partial charge is 0.264 e. The van der Waals surface area contributed by atoms with Crippen molar-refractivity contribution >= 4 is 56.6 Å². The Morgan fingerprint density at radius 2 is 1.53 bits per heavy atom. The van der Waals surface area contributed by atoms with Gasteiger partial charge < -0.3 is 16.0 Å². The average Bonchev–Trinajstić information content (AvgIpc) is 3.15. The van der Waals surface area contributed by atoms with Gasteiger partial charge in [0.25, 0.3) is 15.9 Å². The van der Waals surface area contributed by atoms with E-state index in [2.05, 4.69) is 44.1 Å². The number of rotatable bonds is 14. The number of nitrogens with zero attached hydrogens (tertiary/aromatic N) is 2. The molecule has 0 spiro atoms. The van der Waals surface area contributed by atoms with Gasteiger partial charge in [-0.25, -0.2) is 13.1 Å². The molecule has 1 atom stereocenters. The number of benzene rings is 5. The normalized spacial score (nSPS) is 14.0. The van der Waals surface area contributed by atoms with Gasteiger partial charge in [-0.2, -0.15) is 0 Å². The first kappa shape index (κ1) is 37.9. The van der Waals surface area contributed by atoms with Gasteiger partial charge in [-0.15, -0.1) is 11.8 Å². The SMILES string of the molecule is Cc1cc(S(=O)(=O)NC(=O)c2ccc(N3CCN(Cc4ccccc4-c4ccc(Cl)cc4)CC3)cc2)ccc1N[C@@H](CSc1ccccc1)CC(N)=O. The number of nitrogens with two attached hydrogens (primary N) is 1. The van der Waals surface area contributed by atoms with E-state index in [1.54, 1.807) is 36.9 Å². The molecule has 6 rings (SSSR count). The first-order chi connectivity index (χ1) is 25.5. The van der Waals surface area contributed by atoms with Crippen LogP contribution in [0, 0.1) is 6.92 Å². The maximum absolute atomic E-state index is 13.3. The molecule has 0 aliphatic carbocycles. The van der Waals surface area contributed by atoms with Crippen LogP contribution in [0.4, 0.5) is 11.4 Å². The van der Waals surface area contributed by atoms with Crippen LogP contribution >= 0.6 is 23.4 Å². The number of hydrogen-bond donors (Lipinski definition) is 3. The maximum Gasteiger partial charge on any atom is 0.264 e. The molecular weight excluding hydrogens is 726 g/mol. The molecule has 1 aliphatic rings. The minimum Gasteiger partial charge on any atom is -0.381 e. The second kappa shape index (κ2) is 17.3. The molecule has 4 N–H and O–H groups in total. The molecule has 274 valence electrons. The molecule has 9 nitrogen and oxygen atoms in total. The Bertz CT molecular complexity index is 2140. The van der Waals surface area contributed by atoms with Crippen LogP contribution in [0.1, 0.15) is 27.9 Å². The van der Waals surface area contributed by atoms with Crippen molar-refractivity contribution in [2.45, 2.75) is 35.7 Å². The number of anilines is 2. The van der Waals surface area contributed by atoms with Gasteiger partial charge in [-0.05, 0) is 95.9 Å². The summed E-state index contributed by atoms with van der Waals surface area (Å²) in [5.74, 6) is -0.562. The van der Waals surface area contributed by atoms with Crippen LogP contribution in [0.25, 0.3) is 11.1 Å². The Hall–Kier alpha value is -4.81. The number of carbonyl (C=O) groups excluding carboxylic acids is 2. The van der Waals surface area contributed by atoms with Gasteiger partial charge in [-0.3, -0.25) is 14.5 Å². The third-order valence-corrected chi connectivity index (χ3v) is 11.9. The fourth-order valence-corrected chi connectivity index (χ4v) is 8.46. The molecular formula is C41H42ClN5O4S2. The number of thioether (sulfide) groups is 1. The molecule has 0 unspecified atom stereocenters. The van der Waals surface area contributed by atoms with Gasteiger partial charge in [0.2, 0.25) is 5.91 Å². The number of amides is 2. The molecule has 1 aliphatic heterocycles. The number of sulfonamides is 1. The Kier molecular flexibility index (Phi) is 12.4. The Morgan fingerprint density at radius 3 is 2.21 bits per heavy atom. The fraction of sp³-hybridized carbons (Fsp3) is 0.220. The highest BCUT2D eigenvalue weighted by Gasteiger charge is 2.22. The summed E-state index contributed by atoms with van der Waals surface area (Å²) in [5, 5.41) is 4.05. The molecule has 1 heterocycles. The van der Waals surface area contributed by atoms with Gasteiger partial charge >= 0.3 is 0 Å². The highest BCUT2D eigenvalue weighted by Crippen LogP contribution is 2.28. The quantitative estimate of drug-likeness (QED) is 0.101. The van der Waals surface area contributed by atoms with Crippen LogP contribution in [0.3, 0.4) is 0 Å². The molecule has 53 heavy (non-hydrogen) atoms.